The van der Waals surface area contributed by atoms with Gasteiger partial charge in [0.2, 0.25) is 10.0 Å². The summed E-state index contributed by atoms with van der Waals surface area (Å²) >= 11 is 6.17. The van der Waals surface area contributed by atoms with Gasteiger partial charge in [-0.1, -0.05) is 24.6 Å². The van der Waals surface area contributed by atoms with E-state index in [-0.39, 0.29) is 32.8 Å². The van der Waals surface area contributed by atoms with Gasteiger partial charge in [0.25, 0.3) is 11.6 Å². The number of hydrogen-bond donors (Lipinski definition) is 1. The lowest BCUT2D eigenvalue weighted by Gasteiger charge is -2.30. The Kier molecular flexibility index (Phi) is 6.44. The number of hydrogen-bond acceptors (Lipinski definition) is 5. The number of anilines is 1. The number of nitro benzene ring substituents is 1. The predicted molar refractivity (Wildman–Crippen MR) is 114 cm³/mol. The van der Waals surface area contributed by atoms with Crippen molar-refractivity contribution in [3.63, 3.8) is 0 Å². The van der Waals surface area contributed by atoms with E-state index in [0.29, 0.717) is 18.7 Å². The van der Waals surface area contributed by atoms with Crippen molar-refractivity contribution in [1.29, 1.82) is 0 Å². The van der Waals surface area contributed by atoms with Gasteiger partial charge < -0.3 is 5.32 Å². The number of nitrogens with zero attached hydrogens (tertiary/aromatic N) is 2. The molecule has 1 N–H and O–H groups in total. The lowest BCUT2D eigenvalue weighted by molar-refractivity contribution is -0.385. The van der Waals surface area contributed by atoms with Gasteiger partial charge in [-0.3, -0.25) is 14.9 Å². The van der Waals surface area contributed by atoms with Crippen LogP contribution in [-0.4, -0.2) is 36.6 Å². The fourth-order valence-electron chi connectivity index (χ4n) is 3.50. The Balaban J connectivity index is 1.91. The first-order chi connectivity index (χ1) is 14.1. The van der Waals surface area contributed by atoms with Crippen LogP contribution >= 0.6 is 11.6 Å². The summed E-state index contributed by atoms with van der Waals surface area (Å²) in [5, 5.41) is 13.8. The first-order valence-electron chi connectivity index (χ1n) is 9.46. The monoisotopic (exact) mass is 451 g/mol. The average molecular weight is 452 g/mol. The summed E-state index contributed by atoms with van der Waals surface area (Å²) in [5.41, 5.74) is 0.554. The molecule has 10 heteroatoms. The van der Waals surface area contributed by atoms with Crippen molar-refractivity contribution in [3.8, 4) is 0 Å². The molecule has 1 aliphatic heterocycles. The molecule has 1 fully saturated rings. The first kappa shape index (κ1) is 22.2. The normalized spacial score (nSPS) is 17.5. The number of rotatable bonds is 5. The molecule has 2 aromatic carbocycles. The van der Waals surface area contributed by atoms with Crippen molar-refractivity contribution in [1.82, 2.24) is 4.31 Å². The van der Waals surface area contributed by atoms with Crippen molar-refractivity contribution < 1.29 is 18.1 Å². The van der Waals surface area contributed by atoms with Crippen molar-refractivity contribution >= 4 is 38.9 Å². The molecule has 0 spiro atoms. The van der Waals surface area contributed by atoms with Crippen LogP contribution in [0.15, 0.2) is 41.3 Å². The van der Waals surface area contributed by atoms with Gasteiger partial charge in [-0.15, -0.1) is 0 Å². The SMILES string of the molecule is Cc1c(NC(=O)c2ccc(Cl)c(S(=O)(=O)N3CCC[C@@H](C)C3)c2)cccc1[N+](=O)[O-]. The van der Waals surface area contributed by atoms with Crippen LogP contribution in [0.1, 0.15) is 35.7 Å². The molecule has 0 radical (unpaired) electrons. The molecule has 0 aliphatic carbocycles. The lowest BCUT2D eigenvalue weighted by Crippen LogP contribution is -2.39. The molecule has 1 aliphatic rings. The molecule has 0 aromatic heterocycles. The Morgan fingerprint density at radius 3 is 2.70 bits per heavy atom. The molecule has 1 saturated heterocycles. The zero-order chi connectivity index (χ0) is 22.1. The number of carbonyl (C=O) groups is 1. The second-order valence-corrected chi connectivity index (χ2v) is 9.73. The maximum Gasteiger partial charge on any atom is 0.274 e. The summed E-state index contributed by atoms with van der Waals surface area (Å²) in [7, 11) is -3.85. The highest BCUT2D eigenvalue weighted by molar-refractivity contribution is 7.89. The van der Waals surface area contributed by atoms with E-state index in [4.69, 9.17) is 11.6 Å². The second-order valence-electron chi connectivity index (χ2n) is 7.42. The highest BCUT2D eigenvalue weighted by Gasteiger charge is 2.31. The van der Waals surface area contributed by atoms with E-state index in [0.717, 1.165) is 12.8 Å². The number of carbonyl (C=O) groups excluding carboxylic acids is 1. The second kappa shape index (κ2) is 8.71. The number of amides is 1. The third-order valence-electron chi connectivity index (χ3n) is 5.18. The molecule has 1 atom stereocenters. The summed E-state index contributed by atoms with van der Waals surface area (Å²) in [6.07, 6.45) is 1.73. The highest BCUT2D eigenvalue weighted by atomic mass is 35.5. The number of sulfonamides is 1. The van der Waals surface area contributed by atoms with Crippen LogP contribution in [0.4, 0.5) is 11.4 Å². The smallest absolute Gasteiger partial charge is 0.274 e. The number of piperidine rings is 1. The molecule has 0 unspecified atom stereocenters. The van der Waals surface area contributed by atoms with E-state index in [9.17, 15) is 23.3 Å². The van der Waals surface area contributed by atoms with E-state index >= 15 is 0 Å². The maximum atomic E-state index is 13.1. The Bertz CT molecular complexity index is 1100. The van der Waals surface area contributed by atoms with Crippen molar-refractivity contribution in [2.24, 2.45) is 5.92 Å². The summed E-state index contributed by atoms with van der Waals surface area (Å²) in [6, 6.07) is 8.40. The Morgan fingerprint density at radius 2 is 2.03 bits per heavy atom. The minimum absolute atomic E-state index is 0.0382. The fraction of sp³-hybridized carbons (Fsp3) is 0.350. The van der Waals surface area contributed by atoms with Crippen molar-refractivity contribution in [2.45, 2.75) is 31.6 Å². The molecule has 2 aromatic rings. The minimum Gasteiger partial charge on any atom is -0.321 e. The molecule has 8 nitrogen and oxygen atoms in total. The van der Waals surface area contributed by atoms with Crippen molar-refractivity contribution in [2.75, 3.05) is 18.4 Å². The van der Waals surface area contributed by atoms with Gasteiger partial charge in [0.15, 0.2) is 0 Å². The number of halogens is 1. The topological polar surface area (TPSA) is 110 Å². The molecule has 1 amide bonds. The quantitative estimate of drug-likeness (QED) is 0.540. The third-order valence-corrected chi connectivity index (χ3v) is 7.53. The zero-order valence-corrected chi connectivity index (χ0v) is 18.2. The van der Waals surface area contributed by atoms with Gasteiger partial charge in [-0.2, -0.15) is 4.31 Å². The Morgan fingerprint density at radius 1 is 1.30 bits per heavy atom. The Hall–Kier alpha value is -2.49. The van der Waals surface area contributed by atoms with Crippen LogP contribution in [0.5, 0.6) is 0 Å². The highest BCUT2D eigenvalue weighted by Crippen LogP contribution is 2.30. The summed E-state index contributed by atoms with van der Waals surface area (Å²) < 4.78 is 27.6. The van der Waals surface area contributed by atoms with E-state index in [1.165, 1.54) is 41.6 Å². The van der Waals surface area contributed by atoms with Gasteiger partial charge >= 0.3 is 0 Å². The van der Waals surface area contributed by atoms with Gasteiger partial charge in [0.05, 0.1) is 21.2 Å². The molecule has 3 rings (SSSR count). The van der Waals surface area contributed by atoms with E-state index in [1.54, 1.807) is 6.07 Å². The number of nitrogens with one attached hydrogen (secondary N) is 1. The summed E-state index contributed by atoms with van der Waals surface area (Å²) in [5.74, 6) is -0.339. The third kappa shape index (κ3) is 4.48. The number of benzene rings is 2. The van der Waals surface area contributed by atoms with Gasteiger partial charge in [-0.25, -0.2) is 8.42 Å². The standard InChI is InChI=1S/C20H22ClN3O5S/c1-13-5-4-10-23(12-13)30(28,29)19-11-15(8-9-16(19)21)20(25)22-17-6-3-7-18(14(17)2)24(26)27/h3,6-9,11,13H,4-5,10,12H2,1-2H3,(H,22,25)/t13-/m1/s1. The molecular formula is C20H22ClN3O5S. The van der Waals surface area contributed by atoms with Crippen LogP contribution in [0.25, 0.3) is 0 Å². The van der Waals surface area contributed by atoms with Crippen LogP contribution in [-0.2, 0) is 10.0 Å². The minimum atomic E-state index is -3.85. The molecule has 30 heavy (non-hydrogen) atoms. The molecule has 1 heterocycles. The van der Waals surface area contributed by atoms with E-state index < -0.39 is 20.9 Å². The zero-order valence-electron chi connectivity index (χ0n) is 16.6. The van der Waals surface area contributed by atoms with Gasteiger partial charge in [0.1, 0.15) is 4.90 Å². The van der Waals surface area contributed by atoms with Gasteiger partial charge in [-0.05, 0) is 49.9 Å². The molecular weight excluding hydrogens is 430 g/mol. The largest absolute Gasteiger partial charge is 0.321 e. The van der Waals surface area contributed by atoms with Crippen LogP contribution < -0.4 is 5.32 Å². The molecule has 160 valence electrons. The van der Waals surface area contributed by atoms with E-state index in [1.807, 2.05) is 6.92 Å². The predicted octanol–water partition coefficient (Wildman–Crippen LogP) is 4.23. The Labute approximate surface area is 180 Å². The molecule has 0 saturated carbocycles. The maximum absolute atomic E-state index is 13.1. The van der Waals surface area contributed by atoms with Crippen LogP contribution in [0.3, 0.4) is 0 Å². The van der Waals surface area contributed by atoms with Crippen LogP contribution in [0.2, 0.25) is 5.02 Å². The van der Waals surface area contributed by atoms with Crippen LogP contribution in [0, 0.1) is 23.0 Å². The summed E-state index contributed by atoms with van der Waals surface area (Å²) in [6.45, 7) is 4.34. The lowest BCUT2D eigenvalue weighted by atomic mass is 10.0. The molecule has 0 bridgehead atoms. The average Bonchev–Trinajstić information content (AvgIpc) is 2.69. The number of nitro groups is 1. The summed E-state index contributed by atoms with van der Waals surface area (Å²) in [4.78, 5) is 23.2. The van der Waals surface area contributed by atoms with E-state index in [2.05, 4.69) is 5.32 Å². The van der Waals surface area contributed by atoms with Gasteiger partial charge in [0, 0.05) is 24.7 Å². The fourth-order valence-corrected chi connectivity index (χ4v) is 5.60. The van der Waals surface area contributed by atoms with Crippen molar-refractivity contribution in [3.05, 3.63) is 62.7 Å². The first-order valence-corrected chi connectivity index (χ1v) is 11.3.